The number of carboxylic acids is 1. The lowest BCUT2D eigenvalue weighted by Gasteiger charge is -2.26. The number of hydrogen-bond acceptors (Lipinski definition) is 2. The van der Waals surface area contributed by atoms with Gasteiger partial charge in [-0.15, -0.1) is 0 Å². The molecule has 0 saturated carbocycles. The minimum absolute atomic E-state index is 0.0693. The molecule has 2 aromatic rings. The van der Waals surface area contributed by atoms with Crippen molar-refractivity contribution in [2.45, 2.75) is 26.7 Å². The van der Waals surface area contributed by atoms with E-state index in [1.165, 1.54) is 0 Å². The summed E-state index contributed by atoms with van der Waals surface area (Å²) in [4.78, 5) is 26.7. The Morgan fingerprint density at radius 3 is 2.45 bits per heavy atom. The third kappa shape index (κ3) is 2.81. The van der Waals surface area contributed by atoms with E-state index < -0.39 is 17.3 Å². The molecule has 118 valence electrons. The van der Waals surface area contributed by atoms with Crippen LogP contribution in [-0.2, 0) is 4.79 Å². The van der Waals surface area contributed by atoms with Gasteiger partial charge in [-0.25, -0.2) is 0 Å². The molecule has 0 aliphatic carbocycles. The van der Waals surface area contributed by atoms with Crippen LogP contribution in [0.5, 0.6) is 0 Å². The van der Waals surface area contributed by atoms with Crippen LogP contribution in [-0.4, -0.2) is 28.5 Å². The van der Waals surface area contributed by atoms with E-state index in [1.807, 2.05) is 24.3 Å². The van der Waals surface area contributed by atoms with Gasteiger partial charge in [0.2, 0.25) is 0 Å². The molecule has 6 heteroatoms. The van der Waals surface area contributed by atoms with E-state index in [9.17, 15) is 14.7 Å². The average Bonchev–Trinajstić information content (AvgIpc) is 2.86. The number of benzene rings is 1. The standard InChI is InChI=1S/C16H19ClN2O3/c1-3-16(4-2,15(21)22)9-18-14(20)13-12(17)10-7-5-6-8-11(10)19-13/h5-8,19H,3-4,9H2,1-2H3,(H,18,20)(H,21,22). The van der Waals surface area contributed by atoms with Crippen molar-refractivity contribution >= 4 is 34.4 Å². The molecule has 1 aromatic carbocycles. The zero-order valence-electron chi connectivity index (χ0n) is 12.6. The molecule has 0 spiro atoms. The number of amides is 1. The minimum Gasteiger partial charge on any atom is -0.481 e. The first-order valence-electron chi connectivity index (χ1n) is 7.23. The lowest BCUT2D eigenvalue weighted by Crippen LogP contribution is -2.42. The van der Waals surface area contributed by atoms with E-state index in [2.05, 4.69) is 10.3 Å². The van der Waals surface area contributed by atoms with Crippen molar-refractivity contribution in [1.29, 1.82) is 0 Å². The van der Waals surface area contributed by atoms with Crippen LogP contribution in [0.1, 0.15) is 37.2 Å². The molecule has 0 radical (unpaired) electrons. The molecule has 3 N–H and O–H groups in total. The largest absolute Gasteiger partial charge is 0.481 e. The third-order valence-corrected chi connectivity index (χ3v) is 4.66. The molecule has 1 aromatic heterocycles. The summed E-state index contributed by atoms with van der Waals surface area (Å²) in [5.41, 5.74) is 0.0798. The Labute approximate surface area is 133 Å². The van der Waals surface area contributed by atoms with Crippen LogP contribution in [0.15, 0.2) is 24.3 Å². The number of aromatic amines is 1. The zero-order valence-corrected chi connectivity index (χ0v) is 13.3. The highest BCUT2D eigenvalue weighted by Crippen LogP contribution is 2.28. The van der Waals surface area contributed by atoms with Crippen LogP contribution >= 0.6 is 11.6 Å². The first-order chi connectivity index (χ1) is 10.4. The molecular formula is C16H19ClN2O3. The van der Waals surface area contributed by atoms with Gasteiger partial charge in [0.25, 0.3) is 5.91 Å². The van der Waals surface area contributed by atoms with Crippen molar-refractivity contribution in [3.8, 4) is 0 Å². The molecule has 0 bridgehead atoms. The number of rotatable bonds is 6. The van der Waals surface area contributed by atoms with Gasteiger partial charge in [0, 0.05) is 17.4 Å². The number of nitrogens with one attached hydrogen (secondary N) is 2. The van der Waals surface area contributed by atoms with Crippen LogP contribution in [0.2, 0.25) is 5.02 Å². The molecule has 0 unspecified atom stereocenters. The van der Waals surface area contributed by atoms with Gasteiger partial charge in [-0.1, -0.05) is 43.6 Å². The number of carbonyl (C=O) groups is 2. The summed E-state index contributed by atoms with van der Waals surface area (Å²) < 4.78 is 0. The number of para-hydroxylation sites is 1. The van der Waals surface area contributed by atoms with Crippen molar-refractivity contribution in [3.05, 3.63) is 35.0 Å². The van der Waals surface area contributed by atoms with Gasteiger partial charge in [-0.2, -0.15) is 0 Å². The van der Waals surface area contributed by atoms with Gasteiger partial charge in [0.15, 0.2) is 0 Å². The monoisotopic (exact) mass is 322 g/mol. The van der Waals surface area contributed by atoms with E-state index in [1.54, 1.807) is 13.8 Å². The highest BCUT2D eigenvalue weighted by Gasteiger charge is 2.35. The molecule has 0 aliphatic rings. The Bertz CT molecular complexity index is 704. The van der Waals surface area contributed by atoms with Crippen molar-refractivity contribution in [2.75, 3.05) is 6.54 Å². The molecule has 2 rings (SSSR count). The Morgan fingerprint density at radius 1 is 1.27 bits per heavy atom. The fourth-order valence-corrected chi connectivity index (χ4v) is 2.78. The smallest absolute Gasteiger partial charge is 0.311 e. The number of aliphatic carboxylic acids is 1. The van der Waals surface area contributed by atoms with Gasteiger partial charge in [0.1, 0.15) is 5.69 Å². The van der Waals surface area contributed by atoms with Gasteiger partial charge < -0.3 is 15.4 Å². The lowest BCUT2D eigenvalue weighted by molar-refractivity contribution is -0.149. The summed E-state index contributed by atoms with van der Waals surface area (Å²) >= 11 is 6.22. The quantitative estimate of drug-likeness (QED) is 0.762. The van der Waals surface area contributed by atoms with E-state index in [4.69, 9.17) is 11.6 Å². The van der Waals surface area contributed by atoms with Crippen LogP contribution < -0.4 is 5.32 Å². The van der Waals surface area contributed by atoms with Gasteiger partial charge in [-0.05, 0) is 18.9 Å². The molecule has 0 aliphatic heterocycles. The summed E-state index contributed by atoms with van der Waals surface area (Å²) in [6.07, 6.45) is 0.888. The van der Waals surface area contributed by atoms with Gasteiger partial charge in [0.05, 0.1) is 10.4 Å². The number of fused-ring (bicyclic) bond motifs is 1. The third-order valence-electron chi connectivity index (χ3n) is 4.26. The van der Waals surface area contributed by atoms with Crippen molar-refractivity contribution < 1.29 is 14.7 Å². The summed E-state index contributed by atoms with van der Waals surface area (Å²) in [5.74, 6) is -1.30. The fourth-order valence-electron chi connectivity index (χ4n) is 2.48. The molecule has 0 fully saturated rings. The number of hydrogen-bond donors (Lipinski definition) is 3. The van der Waals surface area contributed by atoms with Crippen LogP contribution in [0.3, 0.4) is 0 Å². The van der Waals surface area contributed by atoms with Gasteiger partial charge >= 0.3 is 5.97 Å². The predicted molar refractivity (Wildman–Crippen MR) is 86.3 cm³/mol. The van der Waals surface area contributed by atoms with Gasteiger partial charge in [-0.3, -0.25) is 9.59 Å². The Balaban J connectivity index is 2.21. The number of carboxylic acid groups (broad SMARTS) is 1. The number of aromatic nitrogens is 1. The highest BCUT2D eigenvalue weighted by atomic mass is 35.5. The first-order valence-corrected chi connectivity index (χ1v) is 7.60. The summed E-state index contributed by atoms with van der Waals surface area (Å²) in [6, 6.07) is 7.34. The highest BCUT2D eigenvalue weighted by molar-refractivity contribution is 6.38. The molecule has 1 heterocycles. The Kier molecular flexibility index (Phi) is 4.76. The maximum Gasteiger partial charge on any atom is 0.311 e. The average molecular weight is 323 g/mol. The second-order valence-electron chi connectivity index (χ2n) is 5.33. The van der Waals surface area contributed by atoms with Crippen molar-refractivity contribution in [2.24, 2.45) is 5.41 Å². The van der Waals surface area contributed by atoms with Crippen LogP contribution in [0, 0.1) is 5.41 Å². The molecular weight excluding hydrogens is 304 g/mol. The second kappa shape index (κ2) is 6.40. The van der Waals surface area contributed by atoms with E-state index >= 15 is 0 Å². The first kappa shape index (κ1) is 16.4. The summed E-state index contributed by atoms with van der Waals surface area (Å²) in [7, 11) is 0. The fraction of sp³-hybridized carbons (Fsp3) is 0.375. The Hall–Kier alpha value is -2.01. The topological polar surface area (TPSA) is 82.2 Å². The molecule has 5 nitrogen and oxygen atoms in total. The number of H-pyrrole nitrogens is 1. The molecule has 0 saturated heterocycles. The van der Waals surface area contributed by atoms with Crippen molar-refractivity contribution in [3.63, 3.8) is 0 Å². The Morgan fingerprint density at radius 2 is 1.91 bits per heavy atom. The van der Waals surface area contributed by atoms with Crippen molar-refractivity contribution in [1.82, 2.24) is 10.3 Å². The second-order valence-corrected chi connectivity index (χ2v) is 5.71. The predicted octanol–water partition coefficient (Wildman–Crippen LogP) is 3.44. The molecule has 1 amide bonds. The summed E-state index contributed by atoms with van der Waals surface area (Å²) in [5, 5.41) is 13.2. The number of halogens is 1. The molecule has 0 atom stereocenters. The maximum absolute atomic E-state index is 12.3. The normalized spacial score (nSPS) is 11.6. The van der Waals surface area contributed by atoms with E-state index in [0.29, 0.717) is 17.9 Å². The lowest BCUT2D eigenvalue weighted by atomic mass is 9.82. The van der Waals surface area contributed by atoms with E-state index in [-0.39, 0.29) is 12.2 Å². The van der Waals surface area contributed by atoms with Crippen LogP contribution in [0.25, 0.3) is 10.9 Å². The maximum atomic E-state index is 12.3. The van der Waals surface area contributed by atoms with E-state index in [0.717, 1.165) is 10.9 Å². The van der Waals surface area contributed by atoms with Crippen LogP contribution in [0.4, 0.5) is 0 Å². The summed E-state index contributed by atoms with van der Waals surface area (Å²) in [6.45, 7) is 3.68. The molecule has 22 heavy (non-hydrogen) atoms. The number of carbonyl (C=O) groups excluding carboxylic acids is 1. The SMILES string of the molecule is CCC(CC)(CNC(=O)c1[nH]c2ccccc2c1Cl)C(=O)O. The minimum atomic E-state index is -0.950. The zero-order chi connectivity index (χ0) is 16.3.